The van der Waals surface area contributed by atoms with E-state index in [1.807, 2.05) is 31.2 Å². The molecule has 104 valence electrons. The average Bonchev–Trinajstić information content (AvgIpc) is 2.41. The van der Waals surface area contributed by atoms with Crippen LogP contribution in [0.3, 0.4) is 0 Å². The van der Waals surface area contributed by atoms with Crippen molar-refractivity contribution in [1.29, 1.82) is 0 Å². The zero-order valence-corrected chi connectivity index (χ0v) is 12.3. The maximum atomic E-state index is 11.6. The van der Waals surface area contributed by atoms with Gasteiger partial charge in [0, 0.05) is 17.0 Å². The lowest BCUT2D eigenvalue weighted by molar-refractivity contribution is -0.121. The van der Waals surface area contributed by atoms with Crippen LogP contribution < -0.4 is 5.43 Å². The second-order valence-corrected chi connectivity index (χ2v) is 4.93. The Kier molecular flexibility index (Phi) is 7.19. The van der Waals surface area contributed by atoms with Gasteiger partial charge in [0.05, 0.1) is 5.71 Å². The molecule has 0 fully saturated rings. The minimum atomic E-state index is -0.0393. The molecule has 0 aromatic heterocycles. The van der Waals surface area contributed by atoms with Crippen molar-refractivity contribution in [3.05, 3.63) is 34.9 Å². The van der Waals surface area contributed by atoms with Crippen LogP contribution in [-0.2, 0) is 4.79 Å². The lowest BCUT2D eigenvalue weighted by Crippen LogP contribution is -2.18. The van der Waals surface area contributed by atoms with Crippen LogP contribution in [0.1, 0.15) is 51.5 Å². The second kappa shape index (κ2) is 8.70. The topological polar surface area (TPSA) is 41.5 Å². The molecule has 0 aliphatic heterocycles. The van der Waals surface area contributed by atoms with Gasteiger partial charge in [0.2, 0.25) is 5.91 Å². The van der Waals surface area contributed by atoms with Crippen LogP contribution in [0.2, 0.25) is 5.02 Å². The van der Waals surface area contributed by atoms with E-state index in [0.717, 1.165) is 18.4 Å². The maximum Gasteiger partial charge on any atom is 0.240 e. The van der Waals surface area contributed by atoms with E-state index in [0.29, 0.717) is 17.2 Å². The van der Waals surface area contributed by atoms with Crippen LogP contribution in [0.5, 0.6) is 0 Å². The molecule has 3 nitrogen and oxygen atoms in total. The number of unbranched alkanes of at least 4 members (excludes halogenated alkanes) is 3. The van der Waals surface area contributed by atoms with E-state index in [4.69, 9.17) is 11.6 Å². The summed E-state index contributed by atoms with van der Waals surface area (Å²) in [5.41, 5.74) is 4.13. The first-order valence-corrected chi connectivity index (χ1v) is 7.11. The van der Waals surface area contributed by atoms with Gasteiger partial charge in [0.15, 0.2) is 0 Å². The number of hydrazone groups is 1. The maximum absolute atomic E-state index is 11.6. The van der Waals surface area contributed by atoms with Gasteiger partial charge in [-0.1, -0.05) is 56.0 Å². The first-order chi connectivity index (χ1) is 9.15. The Morgan fingerprint density at radius 3 is 2.68 bits per heavy atom. The largest absolute Gasteiger partial charge is 0.273 e. The summed E-state index contributed by atoms with van der Waals surface area (Å²) in [6, 6.07) is 7.45. The number of carbonyl (C=O) groups is 1. The minimum absolute atomic E-state index is 0.0393. The molecule has 0 atom stereocenters. The summed E-state index contributed by atoms with van der Waals surface area (Å²) in [6.45, 7) is 3.98. The Balaban J connectivity index is 2.43. The van der Waals surface area contributed by atoms with Crippen LogP contribution in [0.15, 0.2) is 29.4 Å². The van der Waals surface area contributed by atoms with Crippen molar-refractivity contribution in [2.75, 3.05) is 0 Å². The molecule has 0 aliphatic rings. The molecule has 1 amide bonds. The molecule has 19 heavy (non-hydrogen) atoms. The van der Waals surface area contributed by atoms with Crippen molar-refractivity contribution in [3.63, 3.8) is 0 Å². The molecule has 0 heterocycles. The van der Waals surface area contributed by atoms with Crippen LogP contribution in [0.25, 0.3) is 0 Å². The molecule has 1 aromatic carbocycles. The van der Waals surface area contributed by atoms with Gasteiger partial charge in [-0.2, -0.15) is 5.10 Å². The fraction of sp³-hybridized carbons (Fsp3) is 0.467. The van der Waals surface area contributed by atoms with Crippen molar-refractivity contribution in [2.45, 2.75) is 46.0 Å². The van der Waals surface area contributed by atoms with E-state index < -0.39 is 0 Å². The summed E-state index contributed by atoms with van der Waals surface area (Å²) >= 11 is 6.06. The van der Waals surface area contributed by atoms with E-state index in [-0.39, 0.29) is 5.91 Å². The monoisotopic (exact) mass is 280 g/mol. The number of amides is 1. The SMILES string of the molecule is CCCCCCC(=O)N/N=C(\C)c1ccccc1Cl. The van der Waals surface area contributed by atoms with Gasteiger partial charge in [0.25, 0.3) is 0 Å². The number of halogens is 1. The average molecular weight is 281 g/mol. The van der Waals surface area contributed by atoms with Gasteiger partial charge in [-0.05, 0) is 19.4 Å². The molecule has 0 saturated heterocycles. The molecule has 1 rings (SSSR count). The van der Waals surface area contributed by atoms with E-state index in [1.54, 1.807) is 0 Å². The normalized spacial score (nSPS) is 11.4. The van der Waals surface area contributed by atoms with Crippen molar-refractivity contribution in [2.24, 2.45) is 5.10 Å². The predicted octanol–water partition coefficient (Wildman–Crippen LogP) is 4.15. The molecule has 0 aliphatic carbocycles. The van der Waals surface area contributed by atoms with Gasteiger partial charge in [-0.3, -0.25) is 4.79 Å². The molecule has 0 unspecified atom stereocenters. The van der Waals surface area contributed by atoms with E-state index in [1.165, 1.54) is 12.8 Å². The molecule has 1 N–H and O–H groups in total. The third kappa shape index (κ3) is 5.88. The second-order valence-electron chi connectivity index (χ2n) is 4.52. The number of nitrogens with zero attached hydrogens (tertiary/aromatic N) is 1. The van der Waals surface area contributed by atoms with Crippen LogP contribution >= 0.6 is 11.6 Å². The fourth-order valence-electron chi connectivity index (χ4n) is 1.73. The van der Waals surface area contributed by atoms with Gasteiger partial charge < -0.3 is 0 Å². The number of hydrogen-bond acceptors (Lipinski definition) is 2. The molecule has 1 aromatic rings. The summed E-state index contributed by atoms with van der Waals surface area (Å²) in [6.07, 6.45) is 4.89. The molecule has 0 spiro atoms. The molecule has 0 radical (unpaired) electrons. The lowest BCUT2D eigenvalue weighted by Gasteiger charge is -2.04. The summed E-state index contributed by atoms with van der Waals surface area (Å²) in [7, 11) is 0. The highest BCUT2D eigenvalue weighted by Gasteiger charge is 2.04. The lowest BCUT2D eigenvalue weighted by atomic mass is 10.1. The summed E-state index contributed by atoms with van der Waals surface area (Å²) in [5, 5.41) is 4.73. The zero-order chi connectivity index (χ0) is 14.1. The Bertz CT molecular complexity index is 444. The Morgan fingerprint density at radius 1 is 1.26 bits per heavy atom. The highest BCUT2D eigenvalue weighted by molar-refractivity contribution is 6.34. The number of carbonyl (C=O) groups excluding carboxylic acids is 1. The summed E-state index contributed by atoms with van der Waals surface area (Å²) < 4.78 is 0. The van der Waals surface area contributed by atoms with Crippen molar-refractivity contribution < 1.29 is 4.79 Å². The Labute approximate surface area is 120 Å². The zero-order valence-electron chi connectivity index (χ0n) is 11.6. The van der Waals surface area contributed by atoms with Gasteiger partial charge >= 0.3 is 0 Å². The highest BCUT2D eigenvalue weighted by Crippen LogP contribution is 2.15. The van der Waals surface area contributed by atoms with E-state index in [2.05, 4.69) is 17.5 Å². The molecular weight excluding hydrogens is 260 g/mol. The highest BCUT2D eigenvalue weighted by atomic mass is 35.5. The van der Waals surface area contributed by atoms with E-state index in [9.17, 15) is 4.79 Å². The third-order valence-electron chi connectivity index (χ3n) is 2.87. The third-order valence-corrected chi connectivity index (χ3v) is 3.20. The number of nitrogens with one attached hydrogen (secondary N) is 1. The van der Waals surface area contributed by atoms with Crippen molar-refractivity contribution in [3.8, 4) is 0 Å². The van der Waals surface area contributed by atoms with Crippen LogP contribution in [0, 0.1) is 0 Å². The predicted molar refractivity (Wildman–Crippen MR) is 80.6 cm³/mol. The van der Waals surface area contributed by atoms with Crippen LogP contribution in [-0.4, -0.2) is 11.6 Å². The summed E-state index contributed by atoms with van der Waals surface area (Å²) in [4.78, 5) is 11.6. The molecule has 4 heteroatoms. The van der Waals surface area contributed by atoms with Gasteiger partial charge in [-0.25, -0.2) is 5.43 Å². The first kappa shape index (κ1) is 15.7. The first-order valence-electron chi connectivity index (χ1n) is 6.73. The number of benzene rings is 1. The number of rotatable bonds is 7. The summed E-state index contributed by atoms with van der Waals surface area (Å²) in [5.74, 6) is -0.0393. The standard InChI is InChI=1S/C15H21ClN2O/c1-3-4-5-6-11-15(19)18-17-12(2)13-9-7-8-10-14(13)16/h7-10H,3-6,11H2,1-2H3,(H,18,19)/b17-12+. The molecule has 0 bridgehead atoms. The van der Waals surface area contributed by atoms with Gasteiger partial charge in [0.1, 0.15) is 0 Å². The van der Waals surface area contributed by atoms with Gasteiger partial charge in [-0.15, -0.1) is 0 Å². The van der Waals surface area contributed by atoms with E-state index >= 15 is 0 Å². The Hall–Kier alpha value is -1.35. The van der Waals surface area contributed by atoms with Crippen LogP contribution in [0.4, 0.5) is 0 Å². The molecular formula is C15H21ClN2O. The fourth-order valence-corrected chi connectivity index (χ4v) is 2.00. The van der Waals surface area contributed by atoms with Crippen molar-refractivity contribution in [1.82, 2.24) is 5.43 Å². The smallest absolute Gasteiger partial charge is 0.240 e. The Morgan fingerprint density at radius 2 is 2.00 bits per heavy atom. The van der Waals surface area contributed by atoms with Crippen molar-refractivity contribution >= 4 is 23.2 Å². The minimum Gasteiger partial charge on any atom is -0.273 e. The number of hydrogen-bond donors (Lipinski definition) is 1. The quantitative estimate of drug-likeness (QED) is 0.455. The molecule has 0 saturated carbocycles.